The fraction of sp³-hybridized carbons (Fsp3) is 0.611. The van der Waals surface area contributed by atoms with E-state index in [1.54, 1.807) is 0 Å². The van der Waals surface area contributed by atoms with Gasteiger partial charge >= 0.3 is 0 Å². The average Bonchev–Trinajstić information content (AvgIpc) is 2.95. The Morgan fingerprint density at radius 1 is 1.32 bits per heavy atom. The molecule has 1 amide bonds. The van der Waals surface area contributed by atoms with Crippen molar-refractivity contribution in [3.8, 4) is 0 Å². The molecular formula is C18H27N3O. The second kappa shape index (κ2) is 7.25. The van der Waals surface area contributed by atoms with Crippen molar-refractivity contribution in [3.63, 3.8) is 0 Å². The number of rotatable bonds is 4. The van der Waals surface area contributed by atoms with E-state index in [1.165, 1.54) is 12.0 Å². The fourth-order valence-corrected chi connectivity index (χ4v) is 3.54. The minimum absolute atomic E-state index is 0.00641. The van der Waals surface area contributed by atoms with Crippen LogP contribution in [-0.2, 0) is 11.3 Å². The van der Waals surface area contributed by atoms with Crippen LogP contribution >= 0.6 is 0 Å². The van der Waals surface area contributed by atoms with Crippen LogP contribution in [0.5, 0.6) is 0 Å². The van der Waals surface area contributed by atoms with E-state index in [9.17, 15) is 4.79 Å². The van der Waals surface area contributed by atoms with Gasteiger partial charge in [-0.3, -0.25) is 9.69 Å². The van der Waals surface area contributed by atoms with Crippen LogP contribution in [0.1, 0.15) is 31.7 Å². The Bertz CT molecular complexity index is 490. The van der Waals surface area contributed by atoms with Crippen molar-refractivity contribution < 1.29 is 4.79 Å². The number of likely N-dealkylation sites (tertiary alicyclic amines) is 1. The summed E-state index contributed by atoms with van der Waals surface area (Å²) in [6.07, 6.45) is 3.20. The lowest BCUT2D eigenvalue weighted by atomic mass is 9.94. The Kier molecular flexibility index (Phi) is 5.11. The van der Waals surface area contributed by atoms with Crippen molar-refractivity contribution in [2.75, 3.05) is 19.6 Å². The molecule has 3 atom stereocenters. The maximum atomic E-state index is 12.4. The van der Waals surface area contributed by atoms with Crippen molar-refractivity contribution in [2.45, 2.75) is 44.8 Å². The van der Waals surface area contributed by atoms with Crippen LogP contribution in [0.2, 0.25) is 0 Å². The highest BCUT2D eigenvalue weighted by molar-refractivity contribution is 5.82. The molecule has 1 aromatic carbocycles. The van der Waals surface area contributed by atoms with Crippen LogP contribution in [0.4, 0.5) is 0 Å². The van der Waals surface area contributed by atoms with Crippen molar-refractivity contribution >= 4 is 5.91 Å². The number of benzene rings is 1. The van der Waals surface area contributed by atoms with E-state index in [0.717, 1.165) is 39.0 Å². The third-order valence-corrected chi connectivity index (χ3v) is 4.85. The van der Waals surface area contributed by atoms with Gasteiger partial charge in [-0.05, 0) is 37.3 Å². The van der Waals surface area contributed by atoms with E-state index < -0.39 is 0 Å². The van der Waals surface area contributed by atoms with Gasteiger partial charge in [0.2, 0.25) is 5.91 Å². The molecule has 0 aromatic heterocycles. The number of hydrogen-bond acceptors (Lipinski definition) is 3. The molecule has 0 aliphatic carbocycles. The van der Waals surface area contributed by atoms with Crippen molar-refractivity contribution in [3.05, 3.63) is 35.9 Å². The van der Waals surface area contributed by atoms with E-state index in [-0.39, 0.29) is 11.9 Å². The summed E-state index contributed by atoms with van der Waals surface area (Å²) < 4.78 is 0. The van der Waals surface area contributed by atoms with Crippen molar-refractivity contribution in [1.82, 2.24) is 15.5 Å². The van der Waals surface area contributed by atoms with Gasteiger partial charge in [0, 0.05) is 25.7 Å². The van der Waals surface area contributed by atoms with Gasteiger partial charge in [-0.25, -0.2) is 0 Å². The Morgan fingerprint density at radius 2 is 2.14 bits per heavy atom. The number of piperidine rings is 1. The summed E-state index contributed by atoms with van der Waals surface area (Å²) in [4.78, 5) is 14.8. The molecule has 0 radical (unpaired) electrons. The summed E-state index contributed by atoms with van der Waals surface area (Å²) >= 11 is 0. The number of carbonyl (C=O) groups is 1. The van der Waals surface area contributed by atoms with Crippen LogP contribution in [0.25, 0.3) is 0 Å². The first kappa shape index (κ1) is 15.5. The SMILES string of the molecule is CC1CCNC(C(=O)NC2CCN(Cc3ccccc3)C2)C1. The Morgan fingerprint density at radius 3 is 2.91 bits per heavy atom. The minimum atomic E-state index is 0.00641. The molecule has 4 nitrogen and oxygen atoms in total. The third kappa shape index (κ3) is 4.08. The van der Waals surface area contributed by atoms with Crippen LogP contribution in [0.3, 0.4) is 0 Å². The van der Waals surface area contributed by atoms with Gasteiger partial charge in [-0.2, -0.15) is 0 Å². The third-order valence-electron chi connectivity index (χ3n) is 4.85. The van der Waals surface area contributed by atoms with Gasteiger partial charge in [0.1, 0.15) is 0 Å². The van der Waals surface area contributed by atoms with Gasteiger partial charge in [-0.1, -0.05) is 37.3 Å². The quantitative estimate of drug-likeness (QED) is 0.891. The largest absolute Gasteiger partial charge is 0.351 e. The standard InChI is InChI=1S/C18H27N3O/c1-14-7-9-19-17(11-14)18(22)20-16-8-10-21(13-16)12-15-5-3-2-4-6-15/h2-6,14,16-17,19H,7-13H2,1H3,(H,20,22). The Hall–Kier alpha value is -1.39. The monoisotopic (exact) mass is 301 g/mol. The van der Waals surface area contributed by atoms with Crippen molar-refractivity contribution in [2.24, 2.45) is 5.92 Å². The predicted octanol–water partition coefficient (Wildman–Crippen LogP) is 1.77. The molecule has 1 aromatic rings. The molecular weight excluding hydrogens is 274 g/mol. The Balaban J connectivity index is 1.45. The van der Waals surface area contributed by atoms with E-state index in [0.29, 0.717) is 12.0 Å². The van der Waals surface area contributed by atoms with Crippen LogP contribution in [0.15, 0.2) is 30.3 Å². The highest BCUT2D eigenvalue weighted by Gasteiger charge is 2.29. The topological polar surface area (TPSA) is 44.4 Å². The van der Waals surface area contributed by atoms with Gasteiger partial charge in [0.25, 0.3) is 0 Å². The van der Waals surface area contributed by atoms with Gasteiger partial charge in [0.05, 0.1) is 6.04 Å². The van der Waals surface area contributed by atoms with E-state index in [4.69, 9.17) is 0 Å². The molecule has 0 bridgehead atoms. The molecule has 2 N–H and O–H groups in total. The zero-order chi connectivity index (χ0) is 15.4. The molecule has 3 unspecified atom stereocenters. The first-order valence-corrected chi connectivity index (χ1v) is 8.51. The summed E-state index contributed by atoms with van der Waals surface area (Å²) in [6.45, 7) is 6.20. The molecule has 2 aliphatic heterocycles. The van der Waals surface area contributed by atoms with Crippen molar-refractivity contribution in [1.29, 1.82) is 0 Å². The molecule has 3 rings (SSSR count). The van der Waals surface area contributed by atoms with Gasteiger partial charge < -0.3 is 10.6 Å². The second-order valence-corrected chi connectivity index (χ2v) is 6.85. The Labute approximate surface area is 133 Å². The first-order chi connectivity index (χ1) is 10.7. The lowest BCUT2D eigenvalue weighted by Crippen LogP contribution is -2.51. The number of amides is 1. The minimum Gasteiger partial charge on any atom is -0.351 e. The average molecular weight is 301 g/mol. The molecule has 2 fully saturated rings. The highest BCUT2D eigenvalue weighted by Crippen LogP contribution is 2.17. The maximum absolute atomic E-state index is 12.4. The number of carbonyl (C=O) groups excluding carboxylic acids is 1. The van der Waals surface area contributed by atoms with E-state index >= 15 is 0 Å². The molecule has 4 heteroatoms. The highest BCUT2D eigenvalue weighted by atomic mass is 16.2. The maximum Gasteiger partial charge on any atom is 0.237 e. The molecule has 2 heterocycles. The van der Waals surface area contributed by atoms with Crippen LogP contribution in [0, 0.1) is 5.92 Å². The summed E-state index contributed by atoms with van der Waals surface area (Å²) in [5.41, 5.74) is 1.34. The predicted molar refractivity (Wildman–Crippen MR) is 88.5 cm³/mol. The number of nitrogens with zero attached hydrogens (tertiary/aromatic N) is 1. The lowest BCUT2D eigenvalue weighted by Gasteiger charge is -2.28. The van der Waals surface area contributed by atoms with Crippen LogP contribution in [-0.4, -0.2) is 42.5 Å². The summed E-state index contributed by atoms with van der Waals surface area (Å²) in [6, 6.07) is 10.9. The smallest absolute Gasteiger partial charge is 0.237 e. The van der Waals surface area contributed by atoms with Gasteiger partial charge in [0.15, 0.2) is 0 Å². The lowest BCUT2D eigenvalue weighted by molar-refractivity contribution is -0.124. The zero-order valence-corrected chi connectivity index (χ0v) is 13.4. The second-order valence-electron chi connectivity index (χ2n) is 6.85. The summed E-state index contributed by atoms with van der Waals surface area (Å²) in [5.74, 6) is 0.841. The van der Waals surface area contributed by atoms with Gasteiger partial charge in [-0.15, -0.1) is 0 Å². The normalized spacial score (nSPS) is 29.4. The summed E-state index contributed by atoms with van der Waals surface area (Å²) in [7, 11) is 0. The van der Waals surface area contributed by atoms with Crippen LogP contribution < -0.4 is 10.6 Å². The molecule has 0 saturated carbocycles. The van der Waals surface area contributed by atoms with E-state index in [1.807, 2.05) is 0 Å². The van der Waals surface area contributed by atoms with E-state index in [2.05, 4.69) is 52.8 Å². The molecule has 0 spiro atoms. The molecule has 2 saturated heterocycles. The zero-order valence-electron chi connectivity index (χ0n) is 13.4. The molecule has 2 aliphatic rings. The molecule has 120 valence electrons. The molecule has 22 heavy (non-hydrogen) atoms. The summed E-state index contributed by atoms with van der Waals surface area (Å²) in [5, 5.41) is 6.59. The number of hydrogen-bond donors (Lipinski definition) is 2. The number of nitrogens with one attached hydrogen (secondary N) is 2. The fourth-order valence-electron chi connectivity index (χ4n) is 3.54. The first-order valence-electron chi connectivity index (χ1n) is 8.51.